The van der Waals surface area contributed by atoms with Crippen molar-refractivity contribution >= 4 is 17.2 Å². The summed E-state index contributed by atoms with van der Waals surface area (Å²) in [4.78, 5) is 24.2. The molecule has 0 radical (unpaired) electrons. The third-order valence-electron chi connectivity index (χ3n) is 1.92. The molecule has 2 rings (SSSR count). The van der Waals surface area contributed by atoms with Crippen LogP contribution in [0.25, 0.3) is 10.7 Å². The number of carbonyl (C=O) groups excluding carboxylic acids is 1. The van der Waals surface area contributed by atoms with E-state index in [-0.39, 0.29) is 5.91 Å². The summed E-state index contributed by atoms with van der Waals surface area (Å²) in [5.74, 6) is 4.73. The molecule has 0 bridgehead atoms. The lowest BCUT2D eigenvalue weighted by Crippen LogP contribution is -2.29. The number of nitrogens with two attached hydrogens (primary N) is 1. The van der Waals surface area contributed by atoms with Crippen molar-refractivity contribution in [1.29, 1.82) is 0 Å². The van der Waals surface area contributed by atoms with E-state index in [1.165, 1.54) is 11.3 Å². The van der Waals surface area contributed by atoms with Crippen LogP contribution in [-0.2, 0) is 0 Å². The summed E-state index contributed by atoms with van der Waals surface area (Å²) in [5.41, 5.74) is 3.36. The fourth-order valence-corrected chi connectivity index (χ4v) is 2.12. The highest BCUT2D eigenvalue weighted by atomic mass is 32.1. The Balaban J connectivity index is 2.42. The van der Waals surface area contributed by atoms with E-state index in [2.05, 4.69) is 20.4 Å². The predicted octanol–water partition coefficient (Wildman–Crippen LogP) is 0.512. The lowest BCUT2D eigenvalue weighted by Gasteiger charge is -1.93. The highest BCUT2D eigenvalue weighted by molar-refractivity contribution is 7.17. The molecule has 0 atom stereocenters. The second-order valence-corrected chi connectivity index (χ2v) is 4.00. The van der Waals surface area contributed by atoms with Crippen LogP contribution in [0.2, 0.25) is 0 Å². The first kappa shape index (κ1) is 10.7. The molecule has 16 heavy (non-hydrogen) atoms. The Morgan fingerprint density at radius 2 is 2.31 bits per heavy atom. The number of carbonyl (C=O) groups is 1. The van der Waals surface area contributed by atoms with Crippen molar-refractivity contribution in [3.63, 3.8) is 0 Å². The quantitative estimate of drug-likeness (QED) is 0.449. The van der Waals surface area contributed by atoms with Crippen LogP contribution in [-0.4, -0.2) is 20.9 Å². The maximum absolute atomic E-state index is 11.4. The van der Waals surface area contributed by atoms with Crippen molar-refractivity contribution in [2.45, 2.75) is 6.92 Å². The van der Waals surface area contributed by atoms with Crippen LogP contribution in [0.4, 0.5) is 0 Å². The van der Waals surface area contributed by atoms with Gasteiger partial charge in [-0.05, 0) is 6.92 Å². The molecule has 6 nitrogen and oxygen atoms in total. The first-order valence-electron chi connectivity index (χ1n) is 4.47. The summed E-state index contributed by atoms with van der Waals surface area (Å²) >= 11 is 1.24. The molecule has 0 aliphatic carbocycles. The number of amides is 1. The first-order chi connectivity index (χ1) is 7.72. The standard InChI is InChI=1S/C9H9N5OS/c1-5-7(8(15)14-10)16-9(13-5)6-4-11-2-3-12-6/h2-4H,10H2,1H3,(H,14,15). The third kappa shape index (κ3) is 1.90. The van der Waals surface area contributed by atoms with Gasteiger partial charge in [0.25, 0.3) is 5.91 Å². The number of nitrogens with zero attached hydrogens (tertiary/aromatic N) is 3. The molecule has 0 saturated carbocycles. The van der Waals surface area contributed by atoms with Crippen molar-refractivity contribution in [2.75, 3.05) is 0 Å². The summed E-state index contributed by atoms with van der Waals surface area (Å²) in [7, 11) is 0. The lowest BCUT2D eigenvalue weighted by molar-refractivity contribution is 0.0957. The molecular weight excluding hydrogens is 226 g/mol. The van der Waals surface area contributed by atoms with E-state index >= 15 is 0 Å². The summed E-state index contributed by atoms with van der Waals surface area (Å²) in [6.07, 6.45) is 4.76. The van der Waals surface area contributed by atoms with E-state index in [9.17, 15) is 4.79 Å². The van der Waals surface area contributed by atoms with Gasteiger partial charge in [0.05, 0.1) is 11.9 Å². The minimum atomic E-state index is -0.342. The minimum Gasteiger partial charge on any atom is -0.289 e. The van der Waals surface area contributed by atoms with Crippen LogP contribution in [0, 0.1) is 6.92 Å². The smallest absolute Gasteiger partial charge is 0.277 e. The summed E-state index contributed by atoms with van der Waals surface area (Å²) in [6.45, 7) is 1.75. The fraction of sp³-hybridized carbons (Fsp3) is 0.111. The van der Waals surface area contributed by atoms with Gasteiger partial charge in [0.1, 0.15) is 15.6 Å². The van der Waals surface area contributed by atoms with E-state index in [0.717, 1.165) is 0 Å². The average molecular weight is 235 g/mol. The third-order valence-corrected chi connectivity index (χ3v) is 3.09. The van der Waals surface area contributed by atoms with Gasteiger partial charge in [-0.15, -0.1) is 11.3 Å². The van der Waals surface area contributed by atoms with Gasteiger partial charge in [-0.2, -0.15) is 0 Å². The van der Waals surface area contributed by atoms with Crippen LogP contribution in [0.1, 0.15) is 15.4 Å². The zero-order valence-corrected chi connectivity index (χ0v) is 9.28. The molecule has 0 saturated heterocycles. The van der Waals surface area contributed by atoms with Crippen molar-refractivity contribution in [2.24, 2.45) is 5.84 Å². The van der Waals surface area contributed by atoms with Gasteiger partial charge in [0.15, 0.2) is 0 Å². The highest BCUT2D eigenvalue weighted by Gasteiger charge is 2.15. The molecule has 0 spiro atoms. The maximum atomic E-state index is 11.4. The second kappa shape index (κ2) is 4.33. The molecule has 2 aromatic heterocycles. The predicted molar refractivity (Wildman–Crippen MR) is 59.5 cm³/mol. The summed E-state index contributed by atoms with van der Waals surface area (Å²) in [5, 5.41) is 0.657. The number of hydrogen-bond acceptors (Lipinski definition) is 6. The maximum Gasteiger partial charge on any atom is 0.277 e. The molecule has 2 aromatic rings. The molecule has 3 N–H and O–H groups in total. The molecule has 82 valence electrons. The van der Waals surface area contributed by atoms with E-state index in [0.29, 0.717) is 21.3 Å². The number of nitrogen functional groups attached to an aromatic ring is 1. The number of rotatable bonds is 2. The van der Waals surface area contributed by atoms with Crippen molar-refractivity contribution < 1.29 is 4.79 Å². The normalized spacial score (nSPS) is 10.1. The number of aryl methyl sites for hydroxylation is 1. The number of thiazole rings is 1. The topological polar surface area (TPSA) is 93.8 Å². The SMILES string of the molecule is Cc1nc(-c2cnccn2)sc1C(=O)NN. The van der Waals surface area contributed by atoms with E-state index in [1.54, 1.807) is 25.5 Å². The summed E-state index contributed by atoms with van der Waals surface area (Å²) in [6, 6.07) is 0. The largest absolute Gasteiger partial charge is 0.289 e. The van der Waals surface area contributed by atoms with E-state index in [1.807, 2.05) is 0 Å². The average Bonchev–Trinajstić information content (AvgIpc) is 2.71. The Bertz CT molecular complexity index is 510. The molecule has 0 aliphatic rings. The Labute approximate surface area is 95.5 Å². The monoisotopic (exact) mass is 235 g/mol. The lowest BCUT2D eigenvalue weighted by atomic mass is 10.4. The number of hydrazine groups is 1. The Morgan fingerprint density at radius 3 is 2.94 bits per heavy atom. The number of aromatic nitrogens is 3. The van der Waals surface area contributed by atoms with Gasteiger partial charge in [-0.25, -0.2) is 10.8 Å². The minimum absolute atomic E-state index is 0.342. The van der Waals surface area contributed by atoms with Crippen molar-refractivity contribution in [1.82, 2.24) is 20.4 Å². The Kier molecular flexibility index (Phi) is 2.88. The molecule has 0 aliphatic heterocycles. The molecule has 2 heterocycles. The van der Waals surface area contributed by atoms with Crippen LogP contribution in [0.5, 0.6) is 0 Å². The zero-order chi connectivity index (χ0) is 11.5. The molecule has 7 heteroatoms. The molecule has 0 fully saturated rings. The zero-order valence-electron chi connectivity index (χ0n) is 8.47. The Hall–Kier alpha value is -1.86. The van der Waals surface area contributed by atoms with Crippen LogP contribution in [0.15, 0.2) is 18.6 Å². The van der Waals surface area contributed by atoms with Gasteiger partial charge in [0.2, 0.25) is 0 Å². The molecular formula is C9H9N5OS. The number of hydrogen-bond donors (Lipinski definition) is 2. The van der Waals surface area contributed by atoms with Crippen molar-refractivity contribution in [3.8, 4) is 10.7 Å². The fourth-order valence-electron chi connectivity index (χ4n) is 1.19. The van der Waals surface area contributed by atoms with Crippen molar-refractivity contribution in [3.05, 3.63) is 29.2 Å². The van der Waals surface area contributed by atoms with Crippen LogP contribution >= 0.6 is 11.3 Å². The van der Waals surface area contributed by atoms with Gasteiger partial charge in [0, 0.05) is 12.4 Å². The molecule has 0 unspecified atom stereocenters. The van der Waals surface area contributed by atoms with Gasteiger partial charge < -0.3 is 0 Å². The van der Waals surface area contributed by atoms with E-state index in [4.69, 9.17) is 5.84 Å². The molecule has 0 aromatic carbocycles. The Morgan fingerprint density at radius 1 is 1.50 bits per heavy atom. The number of nitrogens with one attached hydrogen (secondary N) is 1. The van der Waals surface area contributed by atoms with Gasteiger partial charge in [-0.1, -0.05) is 0 Å². The molecule has 1 amide bonds. The second-order valence-electron chi connectivity index (χ2n) is 3.00. The first-order valence-corrected chi connectivity index (χ1v) is 5.28. The van der Waals surface area contributed by atoms with Crippen LogP contribution in [0.3, 0.4) is 0 Å². The van der Waals surface area contributed by atoms with E-state index < -0.39 is 0 Å². The van der Waals surface area contributed by atoms with Crippen LogP contribution < -0.4 is 11.3 Å². The van der Waals surface area contributed by atoms with Gasteiger partial charge in [-0.3, -0.25) is 20.2 Å². The van der Waals surface area contributed by atoms with Gasteiger partial charge >= 0.3 is 0 Å². The summed E-state index contributed by atoms with van der Waals surface area (Å²) < 4.78 is 0. The highest BCUT2D eigenvalue weighted by Crippen LogP contribution is 2.25.